The van der Waals surface area contributed by atoms with Crippen molar-refractivity contribution in [3.8, 4) is 0 Å². The Morgan fingerprint density at radius 2 is 2.17 bits per heavy atom. The summed E-state index contributed by atoms with van der Waals surface area (Å²) in [4.78, 5) is 6.91. The highest BCUT2D eigenvalue weighted by molar-refractivity contribution is 5.80. The third-order valence-corrected chi connectivity index (χ3v) is 5.26. The molecule has 2 atom stereocenters. The Balaban J connectivity index is 1.54. The summed E-state index contributed by atoms with van der Waals surface area (Å²) < 4.78 is 1.85. The van der Waals surface area contributed by atoms with Crippen LogP contribution in [0.1, 0.15) is 51.0 Å². The number of guanidine groups is 1. The van der Waals surface area contributed by atoms with Crippen LogP contribution >= 0.6 is 0 Å². The van der Waals surface area contributed by atoms with Gasteiger partial charge in [-0.2, -0.15) is 5.10 Å². The maximum absolute atomic E-state index is 4.69. The van der Waals surface area contributed by atoms with E-state index in [4.69, 9.17) is 4.99 Å². The lowest BCUT2D eigenvalue weighted by Crippen LogP contribution is -2.40. The van der Waals surface area contributed by atoms with Gasteiger partial charge >= 0.3 is 0 Å². The van der Waals surface area contributed by atoms with E-state index in [1.54, 1.807) is 0 Å². The van der Waals surface area contributed by atoms with Crippen LogP contribution in [-0.4, -0.2) is 40.3 Å². The summed E-state index contributed by atoms with van der Waals surface area (Å²) >= 11 is 0. The number of hydrogen-bond acceptors (Lipinski definition) is 2. The Morgan fingerprint density at radius 1 is 1.39 bits per heavy atom. The topological polar surface area (TPSA) is 45.5 Å². The molecule has 2 unspecified atom stereocenters. The van der Waals surface area contributed by atoms with Crippen LogP contribution in [0.2, 0.25) is 0 Å². The van der Waals surface area contributed by atoms with Crippen LogP contribution in [-0.2, 0) is 13.6 Å². The molecule has 1 N–H and O–H groups in total. The molecule has 5 nitrogen and oxygen atoms in total. The molecule has 0 aromatic carbocycles. The average molecular weight is 317 g/mol. The number of aryl methyl sites for hydroxylation is 1. The molecule has 1 heterocycles. The molecule has 0 amide bonds. The Labute approximate surface area is 140 Å². The van der Waals surface area contributed by atoms with E-state index in [1.807, 2.05) is 17.9 Å². The molecule has 2 saturated carbocycles. The lowest BCUT2D eigenvalue weighted by molar-refractivity contribution is 0.314. The molecule has 5 heteroatoms. The van der Waals surface area contributed by atoms with Crippen LogP contribution in [0.5, 0.6) is 0 Å². The summed E-state index contributed by atoms with van der Waals surface area (Å²) in [6.45, 7) is 3.77. The van der Waals surface area contributed by atoms with Crippen molar-refractivity contribution in [3.63, 3.8) is 0 Å². The number of aromatic nitrogens is 2. The first-order chi connectivity index (χ1) is 11.2. The molecular weight excluding hydrogens is 286 g/mol. The quantitative estimate of drug-likeness (QED) is 0.671. The van der Waals surface area contributed by atoms with E-state index < -0.39 is 0 Å². The predicted molar refractivity (Wildman–Crippen MR) is 94.3 cm³/mol. The zero-order valence-corrected chi connectivity index (χ0v) is 14.8. The fourth-order valence-electron chi connectivity index (χ4n) is 3.96. The van der Waals surface area contributed by atoms with Crippen LogP contribution in [0, 0.1) is 11.8 Å². The summed E-state index contributed by atoms with van der Waals surface area (Å²) in [5, 5.41) is 7.97. The van der Waals surface area contributed by atoms with Crippen LogP contribution < -0.4 is 5.32 Å². The maximum atomic E-state index is 4.69. The fraction of sp³-hybridized carbons (Fsp3) is 0.778. The maximum Gasteiger partial charge on any atom is 0.194 e. The highest BCUT2D eigenvalue weighted by Gasteiger charge is 2.43. The largest absolute Gasteiger partial charge is 0.353 e. The van der Waals surface area contributed by atoms with Gasteiger partial charge in [0.05, 0.1) is 6.20 Å². The van der Waals surface area contributed by atoms with E-state index >= 15 is 0 Å². The molecular formula is C18H31N5. The molecule has 1 aromatic heterocycles. The van der Waals surface area contributed by atoms with Gasteiger partial charge in [0.15, 0.2) is 5.96 Å². The van der Waals surface area contributed by atoms with Crippen LogP contribution in [0.3, 0.4) is 0 Å². The van der Waals surface area contributed by atoms with E-state index in [2.05, 4.69) is 35.5 Å². The molecule has 0 radical (unpaired) electrons. The van der Waals surface area contributed by atoms with Gasteiger partial charge in [-0.25, -0.2) is 0 Å². The molecule has 2 fully saturated rings. The highest BCUT2D eigenvalue weighted by Crippen LogP contribution is 2.44. The number of nitrogens with one attached hydrogen (secondary N) is 1. The SMILES string of the molecule is CCN=C(NC1CC1C1CCCCC1)N(C)Cc1cnn(C)c1. The molecule has 128 valence electrons. The van der Waals surface area contributed by atoms with E-state index in [1.165, 1.54) is 44.1 Å². The molecule has 0 spiro atoms. The summed E-state index contributed by atoms with van der Waals surface area (Å²) in [6.07, 6.45) is 12.5. The van der Waals surface area contributed by atoms with E-state index in [0.717, 1.165) is 30.9 Å². The van der Waals surface area contributed by atoms with Crippen molar-refractivity contribution in [1.82, 2.24) is 20.0 Å². The normalized spacial score (nSPS) is 25.4. The summed E-state index contributed by atoms with van der Waals surface area (Å²) in [5.74, 6) is 2.87. The minimum atomic E-state index is 0.639. The van der Waals surface area contributed by atoms with Crippen LogP contribution in [0.15, 0.2) is 17.4 Å². The van der Waals surface area contributed by atoms with Crippen molar-refractivity contribution in [2.45, 2.75) is 58.0 Å². The Hall–Kier alpha value is -1.52. The van der Waals surface area contributed by atoms with Gasteiger partial charge in [-0.3, -0.25) is 9.67 Å². The Bertz CT molecular complexity index is 529. The molecule has 0 saturated heterocycles. The lowest BCUT2D eigenvalue weighted by atomic mass is 9.85. The second kappa shape index (κ2) is 7.37. The van der Waals surface area contributed by atoms with E-state index in [-0.39, 0.29) is 0 Å². The smallest absolute Gasteiger partial charge is 0.194 e. The van der Waals surface area contributed by atoms with Gasteiger partial charge in [-0.1, -0.05) is 32.1 Å². The Kier molecular flexibility index (Phi) is 5.23. The van der Waals surface area contributed by atoms with Crippen molar-refractivity contribution in [1.29, 1.82) is 0 Å². The summed E-state index contributed by atoms with van der Waals surface area (Å²) in [7, 11) is 4.08. The molecule has 2 aliphatic rings. The third kappa shape index (κ3) is 4.27. The van der Waals surface area contributed by atoms with Crippen molar-refractivity contribution < 1.29 is 0 Å². The zero-order valence-electron chi connectivity index (χ0n) is 14.8. The standard InChI is InChI=1S/C18H31N5/c1-4-19-18(22(2)12-14-11-20-23(3)13-14)21-17-10-16(17)15-8-6-5-7-9-15/h11,13,15-17H,4-10,12H2,1-3H3,(H,19,21). The van der Waals surface area contributed by atoms with E-state index in [9.17, 15) is 0 Å². The van der Waals surface area contributed by atoms with Crippen molar-refractivity contribution >= 4 is 5.96 Å². The summed E-state index contributed by atoms with van der Waals surface area (Å²) in [6, 6.07) is 0.639. The molecule has 23 heavy (non-hydrogen) atoms. The van der Waals surface area contributed by atoms with Crippen LogP contribution in [0.4, 0.5) is 0 Å². The monoisotopic (exact) mass is 317 g/mol. The van der Waals surface area contributed by atoms with Gasteiger partial charge < -0.3 is 10.2 Å². The van der Waals surface area contributed by atoms with Crippen molar-refractivity contribution in [3.05, 3.63) is 18.0 Å². The fourth-order valence-corrected chi connectivity index (χ4v) is 3.96. The minimum Gasteiger partial charge on any atom is -0.353 e. The molecule has 1 aromatic rings. The first kappa shape index (κ1) is 16.3. The van der Waals surface area contributed by atoms with Gasteiger partial charge in [0.1, 0.15) is 0 Å². The molecule has 2 aliphatic carbocycles. The number of hydrogen-bond donors (Lipinski definition) is 1. The van der Waals surface area contributed by atoms with Gasteiger partial charge in [-0.05, 0) is 25.2 Å². The van der Waals surface area contributed by atoms with Crippen molar-refractivity contribution in [2.75, 3.05) is 13.6 Å². The van der Waals surface area contributed by atoms with Gasteiger partial charge in [-0.15, -0.1) is 0 Å². The molecule has 3 rings (SSSR count). The molecule has 0 aliphatic heterocycles. The predicted octanol–water partition coefficient (Wildman–Crippen LogP) is 2.79. The first-order valence-electron chi connectivity index (χ1n) is 9.17. The lowest BCUT2D eigenvalue weighted by Gasteiger charge is -2.24. The Morgan fingerprint density at radius 3 is 2.83 bits per heavy atom. The third-order valence-electron chi connectivity index (χ3n) is 5.26. The van der Waals surface area contributed by atoms with Gasteiger partial charge in [0.25, 0.3) is 0 Å². The average Bonchev–Trinajstić information content (AvgIpc) is 3.21. The van der Waals surface area contributed by atoms with Gasteiger partial charge in [0, 0.05) is 45.0 Å². The molecule has 0 bridgehead atoms. The number of aliphatic imine (C=N–C) groups is 1. The summed E-state index contributed by atoms with van der Waals surface area (Å²) in [5.41, 5.74) is 1.22. The highest BCUT2D eigenvalue weighted by atomic mass is 15.3. The number of rotatable bonds is 5. The zero-order chi connectivity index (χ0) is 16.2. The van der Waals surface area contributed by atoms with Crippen molar-refractivity contribution in [2.24, 2.45) is 23.9 Å². The van der Waals surface area contributed by atoms with Gasteiger partial charge in [0.2, 0.25) is 0 Å². The second-order valence-corrected chi connectivity index (χ2v) is 7.22. The minimum absolute atomic E-state index is 0.639. The number of nitrogens with zero attached hydrogens (tertiary/aromatic N) is 4. The van der Waals surface area contributed by atoms with E-state index in [0.29, 0.717) is 6.04 Å². The second-order valence-electron chi connectivity index (χ2n) is 7.22. The van der Waals surface area contributed by atoms with Crippen LogP contribution in [0.25, 0.3) is 0 Å². The first-order valence-corrected chi connectivity index (χ1v) is 9.17.